The van der Waals surface area contributed by atoms with Crippen LogP contribution in [0.1, 0.15) is 135 Å². The van der Waals surface area contributed by atoms with Gasteiger partial charge in [-0.2, -0.15) is 0 Å². The van der Waals surface area contributed by atoms with Gasteiger partial charge in [0.1, 0.15) is 0 Å². The zero-order valence-corrected chi connectivity index (χ0v) is 23.0. The molecule has 0 heterocycles. The van der Waals surface area contributed by atoms with Crippen molar-refractivity contribution in [2.45, 2.75) is 135 Å². The maximum absolute atomic E-state index is 9.24. The van der Waals surface area contributed by atoms with Crippen LogP contribution in [0.25, 0.3) is 0 Å². The monoisotopic (exact) mass is 484 g/mol. The lowest BCUT2D eigenvalue weighted by atomic mass is 10.1. The smallest absolute Gasteiger partial charge is 0.0787 e. The molecule has 0 saturated carbocycles. The molecule has 0 rings (SSSR count). The Labute approximate surface area is 213 Å². The number of aliphatic hydroxyl groups excluding tert-OH is 3. The minimum Gasteiger partial charge on any atom is -0.396 e. The molecule has 0 saturated heterocycles. The van der Waals surface area contributed by atoms with E-state index in [4.69, 9.17) is 0 Å². The SMILES string of the molecule is CCCCCCCC/C=C\CCCCCCCC[N+](CCCCO)(CCCCO)CCCCO. The summed E-state index contributed by atoms with van der Waals surface area (Å²) in [6.45, 7) is 7.71. The summed E-state index contributed by atoms with van der Waals surface area (Å²) < 4.78 is 1.11. The highest BCUT2D eigenvalue weighted by Gasteiger charge is 2.25. The van der Waals surface area contributed by atoms with Crippen LogP contribution in [0.15, 0.2) is 12.2 Å². The molecule has 0 spiro atoms. The van der Waals surface area contributed by atoms with Crippen LogP contribution in [0, 0.1) is 0 Å². The summed E-state index contributed by atoms with van der Waals surface area (Å²) in [6, 6.07) is 0. The van der Waals surface area contributed by atoms with E-state index in [1.54, 1.807) is 0 Å². The fourth-order valence-electron chi connectivity index (χ4n) is 5.04. The molecule has 0 aliphatic heterocycles. The van der Waals surface area contributed by atoms with Crippen molar-refractivity contribution >= 4 is 0 Å². The maximum Gasteiger partial charge on any atom is 0.0787 e. The van der Waals surface area contributed by atoms with Crippen molar-refractivity contribution in [1.29, 1.82) is 0 Å². The van der Waals surface area contributed by atoms with Crippen LogP contribution in [0.3, 0.4) is 0 Å². The normalized spacial score (nSPS) is 12.2. The first kappa shape index (κ1) is 33.6. The van der Waals surface area contributed by atoms with E-state index in [0.29, 0.717) is 0 Å². The van der Waals surface area contributed by atoms with Gasteiger partial charge in [0.2, 0.25) is 0 Å². The second-order valence-electron chi connectivity index (χ2n) is 10.5. The molecule has 0 aromatic rings. The zero-order chi connectivity index (χ0) is 25.0. The van der Waals surface area contributed by atoms with Gasteiger partial charge in [-0.15, -0.1) is 0 Å². The van der Waals surface area contributed by atoms with Crippen LogP contribution in [0.2, 0.25) is 0 Å². The molecular formula is C30H62NO3+. The highest BCUT2D eigenvalue weighted by molar-refractivity contribution is 4.81. The Balaban J connectivity index is 4.02. The first-order valence-corrected chi connectivity index (χ1v) is 15.1. The molecule has 0 unspecified atom stereocenters. The van der Waals surface area contributed by atoms with Gasteiger partial charge in [0.05, 0.1) is 26.2 Å². The van der Waals surface area contributed by atoms with Crippen LogP contribution in [-0.2, 0) is 0 Å². The fourth-order valence-corrected chi connectivity index (χ4v) is 5.04. The lowest BCUT2D eigenvalue weighted by Crippen LogP contribution is -2.51. The van der Waals surface area contributed by atoms with Crippen molar-refractivity contribution in [2.75, 3.05) is 46.0 Å². The number of quaternary nitrogens is 1. The Bertz CT molecular complexity index is 387. The van der Waals surface area contributed by atoms with Gasteiger partial charge in [0.15, 0.2) is 0 Å². The fraction of sp³-hybridized carbons (Fsp3) is 0.933. The van der Waals surface area contributed by atoms with E-state index >= 15 is 0 Å². The Hall–Kier alpha value is -0.420. The summed E-state index contributed by atoms with van der Waals surface area (Å²) in [5.41, 5.74) is 0. The molecule has 4 nitrogen and oxygen atoms in total. The predicted molar refractivity (Wildman–Crippen MR) is 148 cm³/mol. The van der Waals surface area contributed by atoms with Crippen molar-refractivity contribution < 1.29 is 19.8 Å². The van der Waals surface area contributed by atoms with E-state index in [1.165, 1.54) is 96.4 Å². The molecule has 0 fully saturated rings. The molecule has 0 atom stereocenters. The summed E-state index contributed by atoms with van der Waals surface area (Å²) in [5, 5.41) is 27.7. The van der Waals surface area contributed by atoms with E-state index < -0.39 is 0 Å². The molecule has 0 bridgehead atoms. The van der Waals surface area contributed by atoms with Gasteiger partial charge in [0, 0.05) is 19.8 Å². The molecule has 0 aromatic carbocycles. The summed E-state index contributed by atoms with van der Waals surface area (Å²) >= 11 is 0. The number of aliphatic hydroxyl groups is 3. The zero-order valence-electron chi connectivity index (χ0n) is 23.0. The van der Waals surface area contributed by atoms with E-state index in [1.807, 2.05) is 0 Å². The summed E-state index contributed by atoms with van der Waals surface area (Å²) in [5.74, 6) is 0. The average Bonchev–Trinajstić information content (AvgIpc) is 2.84. The third kappa shape index (κ3) is 22.1. The third-order valence-electron chi connectivity index (χ3n) is 7.27. The van der Waals surface area contributed by atoms with E-state index in [-0.39, 0.29) is 19.8 Å². The van der Waals surface area contributed by atoms with Gasteiger partial charge in [-0.1, -0.05) is 70.4 Å². The first-order valence-electron chi connectivity index (χ1n) is 15.1. The Morgan fingerprint density at radius 1 is 0.412 bits per heavy atom. The minimum atomic E-state index is 0.279. The molecule has 0 radical (unpaired) electrons. The van der Waals surface area contributed by atoms with Crippen LogP contribution in [0.5, 0.6) is 0 Å². The van der Waals surface area contributed by atoms with Gasteiger partial charge in [-0.25, -0.2) is 0 Å². The number of hydrogen-bond acceptors (Lipinski definition) is 3. The highest BCUT2D eigenvalue weighted by Crippen LogP contribution is 2.18. The van der Waals surface area contributed by atoms with Crippen LogP contribution in [0.4, 0.5) is 0 Å². The topological polar surface area (TPSA) is 60.7 Å². The molecule has 3 N–H and O–H groups in total. The molecule has 204 valence electrons. The van der Waals surface area contributed by atoms with Gasteiger partial charge < -0.3 is 19.8 Å². The lowest BCUT2D eigenvalue weighted by Gasteiger charge is -2.39. The average molecular weight is 485 g/mol. The number of unbranched alkanes of at least 4 members (excludes halogenated alkanes) is 15. The van der Waals surface area contributed by atoms with Gasteiger partial charge >= 0.3 is 0 Å². The summed E-state index contributed by atoms with van der Waals surface area (Å²) in [6.07, 6.45) is 29.5. The van der Waals surface area contributed by atoms with Gasteiger partial charge in [-0.05, 0) is 77.0 Å². The van der Waals surface area contributed by atoms with E-state index in [0.717, 1.165) is 62.6 Å². The Morgan fingerprint density at radius 3 is 1.12 bits per heavy atom. The minimum absolute atomic E-state index is 0.279. The number of nitrogens with zero attached hydrogens (tertiary/aromatic N) is 1. The molecule has 0 aliphatic carbocycles. The van der Waals surface area contributed by atoms with Crippen LogP contribution >= 0.6 is 0 Å². The van der Waals surface area contributed by atoms with Gasteiger partial charge in [-0.3, -0.25) is 0 Å². The largest absolute Gasteiger partial charge is 0.396 e. The van der Waals surface area contributed by atoms with Crippen molar-refractivity contribution in [2.24, 2.45) is 0 Å². The predicted octanol–water partition coefficient (Wildman–Crippen LogP) is 7.16. The number of rotatable bonds is 28. The van der Waals surface area contributed by atoms with Gasteiger partial charge in [0.25, 0.3) is 0 Å². The number of hydrogen-bond donors (Lipinski definition) is 3. The molecule has 4 heteroatoms. The molecule has 34 heavy (non-hydrogen) atoms. The van der Waals surface area contributed by atoms with Crippen LogP contribution < -0.4 is 0 Å². The van der Waals surface area contributed by atoms with E-state index in [2.05, 4.69) is 19.1 Å². The van der Waals surface area contributed by atoms with Crippen molar-refractivity contribution in [3.05, 3.63) is 12.2 Å². The molecular weight excluding hydrogens is 422 g/mol. The van der Waals surface area contributed by atoms with Crippen LogP contribution in [-0.4, -0.2) is 65.8 Å². The molecule has 0 aliphatic rings. The molecule has 0 aromatic heterocycles. The standard InChI is InChI=1S/C30H62NO3/c1-2-3-4-5-6-7-8-9-10-11-12-13-14-15-16-17-24-31(25-18-21-28-32,26-19-22-29-33)27-20-23-30-34/h9-10,32-34H,2-8,11-30H2,1H3/q+1/b10-9-. The second kappa shape index (κ2) is 27.2. The molecule has 0 amide bonds. The Morgan fingerprint density at radius 2 is 0.735 bits per heavy atom. The maximum atomic E-state index is 9.24. The van der Waals surface area contributed by atoms with Crippen molar-refractivity contribution in [1.82, 2.24) is 0 Å². The first-order chi connectivity index (χ1) is 16.7. The quantitative estimate of drug-likeness (QED) is 0.0627. The summed E-state index contributed by atoms with van der Waals surface area (Å²) in [7, 11) is 0. The third-order valence-corrected chi connectivity index (χ3v) is 7.27. The van der Waals surface area contributed by atoms with Crippen molar-refractivity contribution in [3.8, 4) is 0 Å². The summed E-state index contributed by atoms with van der Waals surface area (Å²) in [4.78, 5) is 0. The number of allylic oxidation sites excluding steroid dienone is 2. The highest BCUT2D eigenvalue weighted by atomic mass is 16.3. The second-order valence-corrected chi connectivity index (χ2v) is 10.5. The Kier molecular flexibility index (Phi) is 26.8. The van der Waals surface area contributed by atoms with Crippen molar-refractivity contribution in [3.63, 3.8) is 0 Å². The van der Waals surface area contributed by atoms with E-state index in [9.17, 15) is 15.3 Å². The lowest BCUT2D eigenvalue weighted by molar-refractivity contribution is -0.929.